The van der Waals surface area contributed by atoms with Crippen LogP contribution in [0.4, 0.5) is 0 Å². The number of nitrogens with zero attached hydrogens (tertiary/aromatic N) is 1. The van der Waals surface area contributed by atoms with E-state index in [0.29, 0.717) is 12.3 Å². The summed E-state index contributed by atoms with van der Waals surface area (Å²) in [6, 6.07) is 10.2. The Bertz CT molecular complexity index is 603. The molecular weight excluding hydrogens is 292 g/mol. The van der Waals surface area contributed by atoms with Gasteiger partial charge in [0.1, 0.15) is 5.01 Å². The second-order valence-electron chi connectivity index (χ2n) is 5.96. The molecule has 1 aliphatic carbocycles. The Morgan fingerprint density at radius 3 is 2.77 bits per heavy atom. The van der Waals surface area contributed by atoms with Crippen LogP contribution in [0.5, 0.6) is 0 Å². The van der Waals surface area contributed by atoms with Crippen molar-refractivity contribution in [2.75, 3.05) is 6.54 Å². The molecule has 1 amide bonds. The van der Waals surface area contributed by atoms with Crippen LogP contribution in [-0.4, -0.2) is 17.4 Å². The zero-order valence-corrected chi connectivity index (χ0v) is 13.6. The van der Waals surface area contributed by atoms with Gasteiger partial charge < -0.3 is 5.32 Å². The first kappa shape index (κ1) is 15.2. The average Bonchev–Trinajstić information content (AvgIpc) is 3.23. The Balaban J connectivity index is 1.45. The lowest BCUT2D eigenvalue weighted by atomic mass is 10.1. The van der Waals surface area contributed by atoms with Gasteiger partial charge in [0.15, 0.2) is 0 Å². The molecule has 2 aromatic rings. The first-order valence-electron chi connectivity index (χ1n) is 8.08. The van der Waals surface area contributed by atoms with E-state index in [1.54, 1.807) is 11.3 Å². The lowest BCUT2D eigenvalue weighted by Gasteiger charge is -2.10. The number of hydrogen-bond donors (Lipinski definition) is 1. The van der Waals surface area contributed by atoms with Gasteiger partial charge in [-0.15, -0.1) is 11.3 Å². The Labute approximate surface area is 135 Å². The standard InChI is InChI=1S/C18H22N2OS/c21-17(19-12-14-6-4-5-7-14)11-10-16-13-22-18(20-16)15-8-2-1-3-9-15/h1-3,8-9,13-14H,4-7,10-12H2,(H,19,21). The fourth-order valence-electron chi connectivity index (χ4n) is 2.94. The molecular formula is C18H22N2OS. The van der Waals surface area contributed by atoms with Gasteiger partial charge >= 0.3 is 0 Å². The number of aryl methyl sites for hydroxylation is 1. The molecule has 0 atom stereocenters. The number of aromatic nitrogens is 1. The van der Waals surface area contributed by atoms with Gasteiger partial charge in [0.2, 0.25) is 5.91 Å². The predicted octanol–water partition coefficient (Wildman–Crippen LogP) is 4.05. The highest BCUT2D eigenvalue weighted by Gasteiger charge is 2.15. The quantitative estimate of drug-likeness (QED) is 0.874. The summed E-state index contributed by atoms with van der Waals surface area (Å²) in [7, 11) is 0. The van der Waals surface area contributed by atoms with Gasteiger partial charge in [0.05, 0.1) is 5.69 Å². The van der Waals surface area contributed by atoms with Crippen LogP contribution in [0.1, 0.15) is 37.8 Å². The Morgan fingerprint density at radius 2 is 2.00 bits per heavy atom. The molecule has 1 fully saturated rings. The minimum atomic E-state index is 0.154. The number of rotatable bonds is 6. The molecule has 1 aromatic heterocycles. The highest BCUT2D eigenvalue weighted by atomic mass is 32.1. The van der Waals surface area contributed by atoms with E-state index < -0.39 is 0 Å². The first-order valence-corrected chi connectivity index (χ1v) is 8.96. The third kappa shape index (κ3) is 4.17. The van der Waals surface area contributed by atoms with Crippen LogP contribution in [0.2, 0.25) is 0 Å². The first-order chi connectivity index (χ1) is 10.8. The smallest absolute Gasteiger partial charge is 0.220 e. The lowest BCUT2D eigenvalue weighted by Crippen LogP contribution is -2.28. The van der Waals surface area contributed by atoms with Crippen molar-refractivity contribution in [3.8, 4) is 10.6 Å². The maximum Gasteiger partial charge on any atom is 0.220 e. The molecule has 1 saturated carbocycles. The highest BCUT2D eigenvalue weighted by molar-refractivity contribution is 7.13. The molecule has 0 spiro atoms. The van der Waals surface area contributed by atoms with Crippen molar-refractivity contribution in [1.29, 1.82) is 0 Å². The van der Waals surface area contributed by atoms with Crippen molar-refractivity contribution in [2.24, 2.45) is 5.92 Å². The summed E-state index contributed by atoms with van der Waals surface area (Å²) in [4.78, 5) is 16.5. The number of benzene rings is 1. The molecule has 1 aromatic carbocycles. The lowest BCUT2D eigenvalue weighted by molar-refractivity contribution is -0.121. The predicted molar refractivity (Wildman–Crippen MR) is 90.8 cm³/mol. The van der Waals surface area contributed by atoms with Crippen molar-refractivity contribution in [3.63, 3.8) is 0 Å². The molecule has 0 aliphatic heterocycles. The molecule has 22 heavy (non-hydrogen) atoms. The van der Waals surface area contributed by atoms with Crippen LogP contribution in [0.15, 0.2) is 35.7 Å². The van der Waals surface area contributed by atoms with Crippen LogP contribution < -0.4 is 5.32 Å². The minimum absolute atomic E-state index is 0.154. The summed E-state index contributed by atoms with van der Waals surface area (Å²) in [5, 5.41) is 6.16. The van der Waals surface area contributed by atoms with Crippen LogP contribution in [0, 0.1) is 5.92 Å². The summed E-state index contributed by atoms with van der Waals surface area (Å²) in [6.07, 6.45) is 6.44. The summed E-state index contributed by atoms with van der Waals surface area (Å²) in [6.45, 7) is 0.852. The van der Waals surface area contributed by atoms with Gasteiger partial charge in [-0.2, -0.15) is 0 Å². The number of hydrogen-bond acceptors (Lipinski definition) is 3. The second kappa shape index (κ2) is 7.54. The molecule has 0 radical (unpaired) electrons. The van der Waals surface area contributed by atoms with Crippen molar-refractivity contribution >= 4 is 17.2 Å². The second-order valence-corrected chi connectivity index (χ2v) is 6.82. The molecule has 3 rings (SSSR count). The van der Waals surface area contributed by atoms with Gasteiger partial charge in [-0.05, 0) is 25.2 Å². The van der Waals surface area contributed by atoms with E-state index >= 15 is 0 Å². The number of carbonyl (C=O) groups excluding carboxylic acids is 1. The summed E-state index contributed by atoms with van der Waals surface area (Å²) >= 11 is 1.65. The fraction of sp³-hybridized carbons (Fsp3) is 0.444. The van der Waals surface area contributed by atoms with E-state index in [0.717, 1.165) is 29.2 Å². The zero-order valence-electron chi connectivity index (χ0n) is 12.8. The van der Waals surface area contributed by atoms with Crippen molar-refractivity contribution in [2.45, 2.75) is 38.5 Å². The summed E-state index contributed by atoms with van der Waals surface area (Å²) in [5.41, 5.74) is 2.16. The maximum atomic E-state index is 11.9. The van der Waals surface area contributed by atoms with E-state index in [-0.39, 0.29) is 5.91 Å². The molecule has 1 heterocycles. The van der Waals surface area contributed by atoms with Crippen LogP contribution >= 0.6 is 11.3 Å². The van der Waals surface area contributed by atoms with E-state index in [1.165, 1.54) is 25.7 Å². The monoisotopic (exact) mass is 314 g/mol. The van der Waals surface area contributed by atoms with Gasteiger partial charge in [-0.25, -0.2) is 4.98 Å². The Hall–Kier alpha value is -1.68. The zero-order chi connectivity index (χ0) is 15.2. The highest BCUT2D eigenvalue weighted by Crippen LogP contribution is 2.24. The molecule has 0 saturated heterocycles. The summed E-state index contributed by atoms with van der Waals surface area (Å²) < 4.78 is 0. The Morgan fingerprint density at radius 1 is 1.23 bits per heavy atom. The number of thiazole rings is 1. The fourth-order valence-corrected chi connectivity index (χ4v) is 3.80. The van der Waals surface area contributed by atoms with Gasteiger partial charge in [-0.1, -0.05) is 43.2 Å². The van der Waals surface area contributed by atoms with Crippen molar-refractivity contribution in [1.82, 2.24) is 10.3 Å². The molecule has 4 heteroatoms. The molecule has 0 unspecified atom stereocenters. The van der Waals surface area contributed by atoms with E-state index in [9.17, 15) is 4.79 Å². The van der Waals surface area contributed by atoms with Crippen molar-refractivity contribution in [3.05, 3.63) is 41.4 Å². The normalized spacial score (nSPS) is 15.1. The SMILES string of the molecule is O=C(CCc1csc(-c2ccccc2)n1)NCC1CCCC1. The van der Waals surface area contributed by atoms with Crippen LogP contribution in [0.25, 0.3) is 10.6 Å². The Kier molecular flexibility index (Phi) is 5.22. The van der Waals surface area contributed by atoms with E-state index in [2.05, 4.69) is 27.8 Å². The molecule has 3 nitrogen and oxygen atoms in total. The van der Waals surface area contributed by atoms with Gasteiger partial charge in [-0.3, -0.25) is 4.79 Å². The molecule has 116 valence electrons. The maximum absolute atomic E-state index is 11.9. The minimum Gasteiger partial charge on any atom is -0.356 e. The third-order valence-corrected chi connectivity index (χ3v) is 5.18. The largest absolute Gasteiger partial charge is 0.356 e. The van der Waals surface area contributed by atoms with Gasteiger partial charge in [0.25, 0.3) is 0 Å². The van der Waals surface area contributed by atoms with Crippen LogP contribution in [0.3, 0.4) is 0 Å². The number of amides is 1. The average molecular weight is 314 g/mol. The molecule has 0 bridgehead atoms. The van der Waals surface area contributed by atoms with E-state index in [4.69, 9.17) is 0 Å². The molecule has 1 aliphatic rings. The van der Waals surface area contributed by atoms with E-state index in [1.807, 2.05) is 18.2 Å². The number of nitrogens with one attached hydrogen (secondary N) is 1. The number of carbonyl (C=O) groups is 1. The van der Waals surface area contributed by atoms with Gasteiger partial charge in [0, 0.05) is 23.9 Å². The van der Waals surface area contributed by atoms with Crippen molar-refractivity contribution < 1.29 is 4.79 Å². The summed E-state index contributed by atoms with van der Waals surface area (Å²) in [5.74, 6) is 0.856. The third-order valence-electron chi connectivity index (χ3n) is 4.24. The topological polar surface area (TPSA) is 42.0 Å². The molecule has 1 N–H and O–H groups in total. The van der Waals surface area contributed by atoms with Crippen LogP contribution in [-0.2, 0) is 11.2 Å².